The molecule has 0 saturated carbocycles. The van der Waals surface area contributed by atoms with Gasteiger partial charge < -0.3 is 14.1 Å². The highest BCUT2D eigenvalue weighted by Gasteiger charge is 2.42. The molecule has 8 heteroatoms. The third kappa shape index (κ3) is 4.17. The van der Waals surface area contributed by atoms with Gasteiger partial charge in [-0.15, -0.1) is 0 Å². The molecule has 2 aromatic carbocycles. The highest BCUT2D eigenvalue weighted by atomic mass is 35.5. The highest BCUT2D eigenvalue weighted by molar-refractivity contribution is 6.42. The van der Waals surface area contributed by atoms with E-state index in [0.29, 0.717) is 33.1 Å². The molecule has 6 nitrogen and oxygen atoms in total. The number of amides is 1. The van der Waals surface area contributed by atoms with Crippen molar-refractivity contribution in [1.29, 1.82) is 0 Å². The summed E-state index contributed by atoms with van der Waals surface area (Å²) in [6.45, 7) is 6.48. The zero-order valence-electron chi connectivity index (χ0n) is 18.3. The van der Waals surface area contributed by atoms with Crippen molar-refractivity contribution in [3.63, 3.8) is 0 Å². The quantitative estimate of drug-likeness (QED) is 0.523. The summed E-state index contributed by atoms with van der Waals surface area (Å²) in [6.07, 6.45) is 0.768. The van der Waals surface area contributed by atoms with Gasteiger partial charge in [0.05, 0.1) is 40.3 Å². The largest absolute Gasteiger partial charge is 0.450 e. The maximum absolute atomic E-state index is 13.6. The second-order valence-electron chi connectivity index (χ2n) is 8.56. The van der Waals surface area contributed by atoms with Gasteiger partial charge in [-0.3, -0.25) is 14.5 Å². The van der Waals surface area contributed by atoms with E-state index < -0.39 is 6.04 Å². The van der Waals surface area contributed by atoms with E-state index in [1.165, 1.54) is 0 Å². The van der Waals surface area contributed by atoms with Crippen LogP contribution in [0.5, 0.6) is 0 Å². The van der Waals surface area contributed by atoms with Crippen molar-refractivity contribution in [3.8, 4) is 0 Å². The number of carbonyl (C=O) groups is 1. The van der Waals surface area contributed by atoms with Gasteiger partial charge in [-0.1, -0.05) is 40.9 Å². The van der Waals surface area contributed by atoms with E-state index >= 15 is 0 Å². The summed E-state index contributed by atoms with van der Waals surface area (Å²) in [5.41, 5.74) is 2.29. The predicted molar refractivity (Wildman–Crippen MR) is 128 cm³/mol. The third-order valence-electron chi connectivity index (χ3n) is 6.36. The summed E-state index contributed by atoms with van der Waals surface area (Å²) >= 11 is 12.5. The number of hydrogen-bond donors (Lipinski definition) is 0. The first kappa shape index (κ1) is 22.4. The predicted octanol–water partition coefficient (Wildman–Crippen LogP) is 4.68. The van der Waals surface area contributed by atoms with E-state index in [0.717, 1.165) is 50.4 Å². The Hall–Kier alpha value is -2.38. The van der Waals surface area contributed by atoms with Gasteiger partial charge in [0, 0.05) is 26.2 Å². The molecule has 0 bridgehead atoms. The van der Waals surface area contributed by atoms with Crippen LogP contribution >= 0.6 is 23.2 Å². The molecular weight excluding hydrogens is 463 g/mol. The first-order chi connectivity index (χ1) is 15.9. The van der Waals surface area contributed by atoms with Crippen LogP contribution in [0, 0.1) is 6.92 Å². The molecule has 33 heavy (non-hydrogen) atoms. The van der Waals surface area contributed by atoms with Crippen LogP contribution < -0.4 is 5.43 Å². The van der Waals surface area contributed by atoms with Crippen molar-refractivity contribution in [2.24, 2.45) is 0 Å². The molecule has 5 rings (SSSR count). The molecule has 172 valence electrons. The number of nitrogens with zero attached hydrogens (tertiary/aromatic N) is 2. The Bertz CT molecular complexity index is 1280. The minimum Gasteiger partial charge on any atom is -0.450 e. The number of hydrogen-bond acceptors (Lipinski definition) is 5. The average Bonchev–Trinajstić information content (AvgIpc) is 3.09. The van der Waals surface area contributed by atoms with E-state index in [-0.39, 0.29) is 17.1 Å². The molecule has 3 heterocycles. The molecule has 0 aliphatic carbocycles. The fraction of sp³-hybridized carbons (Fsp3) is 0.360. The zero-order valence-corrected chi connectivity index (χ0v) is 19.8. The standard InChI is InChI=1S/C25H24Cl2N2O4/c1-15-3-6-20-17(13-15)23(30)21-22(16-4-5-18(26)19(27)14-16)29(25(31)24(21)33-20)8-2-7-28-9-11-32-12-10-28/h3-6,13-14,22H,2,7-12H2,1H3. The van der Waals surface area contributed by atoms with Gasteiger partial charge in [-0.05, 0) is 43.2 Å². The SMILES string of the molecule is Cc1ccc2oc3c(c(=O)c2c1)C(c1ccc(Cl)c(Cl)c1)N(CCCN1CCOCC1)C3=O. The Kier molecular flexibility index (Phi) is 6.18. The molecule has 1 amide bonds. The summed E-state index contributed by atoms with van der Waals surface area (Å²) in [6, 6.07) is 10.1. The van der Waals surface area contributed by atoms with E-state index in [1.54, 1.807) is 29.2 Å². The van der Waals surface area contributed by atoms with Gasteiger partial charge in [0.15, 0.2) is 5.43 Å². The fourth-order valence-corrected chi connectivity index (χ4v) is 4.99. The van der Waals surface area contributed by atoms with E-state index in [2.05, 4.69) is 4.90 Å². The summed E-state index contributed by atoms with van der Waals surface area (Å²) in [5, 5.41) is 1.27. The Balaban J connectivity index is 1.56. The Labute approximate surface area is 201 Å². The molecule has 3 aromatic rings. The minimum absolute atomic E-state index is 0.110. The maximum Gasteiger partial charge on any atom is 0.290 e. The van der Waals surface area contributed by atoms with Crippen LogP contribution in [0.3, 0.4) is 0 Å². The van der Waals surface area contributed by atoms with Crippen LogP contribution in [0.15, 0.2) is 45.6 Å². The molecule has 0 radical (unpaired) electrons. The molecule has 0 spiro atoms. The highest BCUT2D eigenvalue weighted by Crippen LogP contribution is 2.39. The molecule has 1 saturated heterocycles. The van der Waals surface area contributed by atoms with Crippen molar-refractivity contribution in [2.75, 3.05) is 39.4 Å². The molecule has 1 unspecified atom stereocenters. The monoisotopic (exact) mass is 486 g/mol. The Morgan fingerprint density at radius 2 is 1.79 bits per heavy atom. The number of carbonyl (C=O) groups excluding carboxylic acids is 1. The van der Waals surface area contributed by atoms with Crippen LogP contribution in [0.2, 0.25) is 10.0 Å². The van der Waals surface area contributed by atoms with Gasteiger partial charge in [0.25, 0.3) is 5.91 Å². The molecule has 1 fully saturated rings. The lowest BCUT2D eigenvalue weighted by Gasteiger charge is -2.29. The normalized spacial score (nSPS) is 18.8. The third-order valence-corrected chi connectivity index (χ3v) is 7.10. The van der Waals surface area contributed by atoms with Crippen LogP contribution in [0.1, 0.15) is 39.7 Å². The first-order valence-corrected chi connectivity index (χ1v) is 11.8. The van der Waals surface area contributed by atoms with Crippen molar-refractivity contribution < 1.29 is 13.9 Å². The van der Waals surface area contributed by atoms with Gasteiger partial charge in [0.2, 0.25) is 5.76 Å². The molecule has 2 aliphatic heterocycles. The molecule has 1 aromatic heterocycles. The van der Waals surface area contributed by atoms with Crippen LogP contribution in [0.4, 0.5) is 0 Å². The lowest BCUT2D eigenvalue weighted by Crippen LogP contribution is -2.38. The number of fused-ring (bicyclic) bond motifs is 2. The molecule has 1 atom stereocenters. The Morgan fingerprint density at radius 3 is 2.55 bits per heavy atom. The minimum atomic E-state index is -0.576. The van der Waals surface area contributed by atoms with E-state index in [9.17, 15) is 9.59 Å². The number of rotatable bonds is 5. The summed E-state index contributed by atoms with van der Waals surface area (Å²) in [7, 11) is 0. The maximum atomic E-state index is 13.6. The molecule has 0 N–H and O–H groups in total. The topological polar surface area (TPSA) is 63.0 Å². The van der Waals surface area contributed by atoms with Crippen molar-refractivity contribution in [3.05, 3.63) is 79.1 Å². The first-order valence-electron chi connectivity index (χ1n) is 11.1. The number of morpholine rings is 1. The lowest BCUT2D eigenvalue weighted by molar-refractivity contribution is 0.0353. The van der Waals surface area contributed by atoms with Crippen molar-refractivity contribution in [2.45, 2.75) is 19.4 Å². The average molecular weight is 487 g/mol. The summed E-state index contributed by atoms with van der Waals surface area (Å²) in [4.78, 5) is 31.1. The fourth-order valence-electron chi connectivity index (χ4n) is 4.68. The van der Waals surface area contributed by atoms with Gasteiger partial charge >= 0.3 is 0 Å². The summed E-state index contributed by atoms with van der Waals surface area (Å²) < 4.78 is 11.4. The van der Waals surface area contributed by atoms with Crippen LogP contribution in [-0.4, -0.2) is 55.1 Å². The number of ether oxygens (including phenoxy) is 1. The van der Waals surface area contributed by atoms with Crippen molar-refractivity contribution >= 4 is 40.1 Å². The van der Waals surface area contributed by atoms with Gasteiger partial charge in [-0.2, -0.15) is 0 Å². The second kappa shape index (κ2) is 9.11. The molecular formula is C25H24Cl2N2O4. The summed E-state index contributed by atoms with van der Waals surface area (Å²) in [5.74, 6) is -0.165. The van der Waals surface area contributed by atoms with Crippen LogP contribution in [-0.2, 0) is 4.74 Å². The number of aryl methyl sites for hydroxylation is 1. The second-order valence-corrected chi connectivity index (χ2v) is 9.37. The number of benzene rings is 2. The lowest BCUT2D eigenvalue weighted by atomic mass is 9.98. The van der Waals surface area contributed by atoms with Crippen LogP contribution in [0.25, 0.3) is 11.0 Å². The number of halogens is 2. The zero-order chi connectivity index (χ0) is 23.1. The van der Waals surface area contributed by atoms with E-state index in [1.807, 2.05) is 19.1 Å². The van der Waals surface area contributed by atoms with E-state index in [4.69, 9.17) is 32.4 Å². The van der Waals surface area contributed by atoms with Gasteiger partial charge in [0.1, 0.15) is 5.58 Å². The molecule has 2 aliphatic rings. The van der Waals surface area contributed by atoms with Gasteiger partial charge in [-0.25, -0.2) is 0 Å². The van der Waals surface area contributed by atoms with Crippen molar-refractivity contribution in [1.82, 2.24) is 9.80 Å². The smallest absolute Gasteiger partial charge is 0.290 e. The Morgan fingerprint density at radius 1 is 1.00 bits per heavy atom.